The molecule has 1 amide bonds. The predicted octanol–water partition coefficient (Wildman–Crippen LogP) is 12.9. The minimum Gasteiger partial charge on any atom is -0.463 e. The summed E-state index contributed by atoms with van der Waals surface area (Å²) in [5.74, 6) is -5.02. The number of ether oxygens (including phenoxy) is 8. The van der Waals surface area contributed by atoms with Gasteiger partial charge in [0.05, 0.1) is 12.6 Å². The zero-order valence-electron chi connectivity index (χ0n) is 48.6. The summed E-state index contributed by atoms with van der Waals surface area (Å²) in [7, 11) is 0. The maximum absolute atomic E-state index is 14.2. The number of nitrogens with one attached hydrogen (secondary N) is 1. The Morgan fingerprint density at radius 3 is 1.26 bits per heavy atom. The second kappa shape index (κ2) is 45.9. The van der Waals surface area contributed by atoms with Gasteiger partial charge in [0.2, 0.25) is 0 Å². The third-order valence-corrected chi connectivity index (χ3v) is 13.6. The quantitative estimate of drug-likeness (QED) is 0.0260. The van der Waals surface area contributed by atoms with Crippen LogP contribution in [0.1, 0.15) is 267 Å². The first kappa shape index (κ1) is 70.0. The second-order valence-corrected chi connectivity index (χ2v) is 20.9. The topological polar surface area (TPSA) is 205 Å². The molecule has 440 valence electrons. The van der Waals surface area contributed by atoms with Crippen LogP contribution in [0.15, 0.2) is 12.2 Å². The molecule has 16 heteroatoms. The average molecular weight is 1080 g/mol. The first-order valence-corrected chi connectivity index (χ1v) is 29.8. The normalized spacial score (nSPS) is 18.6. The molecule has 8 atom stereocenters. The van der Waals surface area contributed by atoms with E-state index in [1.54, 1.807) is 6.08 Å². The third-order valence-electron chi connectivity index (χ3n) is 13.6. The second-order valence-electron chi connectivity index (χ2n) is 20.9. The third kappa shape index (κ3) is 36.9. The van der Waals surface area contributed by atoms with Gasteiger partial charge in [0.15, 0.2) is 30.7 Å². The fourth-order valence-electron chi connectivity index (χ4n) is 9.65. The van der Waals surface area contributed by atoms with E-state index in [0.717, 1.165) is 65.7 Å². The molecule has 8 unspecified atom stereocenters. The number of esters is 6. The van der Waals surface area contributed by atoms with E-state index in [1.807, 2.05) is 6.08 Å². The minimum atomic E-state index is -1.57. The molecule has 16 nitrogen and oxygen atoms in total. The fourth-order valence-corrected chi connectivity index (χ4v) is 9.65. The van der Waals surface area contributed by atoms with E-state index in [1.165, 1.54) is 168 Å². The monoisotopic (exact) mass is 1080 g/mol. The smallest absolute Gasteiger partial charge is 0.303 e. The zero-order chi connectivity index (χ0) is 56.2. The lowest BCUT2D eigenvalue weighted by molar-refractivity contribution is -0.309. The fraction of sp³-hybridized carbons (Fsp3) is 0.850. The molecule has 1 heterocycles. The predicted molar refractivity (Wildman–Crippen MR) is 294 cm³/mol. The van der Waals surface area contributed by atoms with Crippen LogP contribution in [0, 0.1) is 0 Å². The maximum Gasteiger partial charge on any atom is 0.303 e. The summed E-state index contributed by atoms with van der Waals surface area (Å²) < 4.78 is 45.8. The molecule has 0 aromatic heterocycles. The van der Waals surface area contributed by atoms with E-state index in [-0.39, 0.29) is 6.42 Å². The van der Waals surface area contributed by atoms with Crippen LogP contribution in [0.25, 0.3) is 0 Å². The molecule has 1 fully saturated rings. The molecule has 0 radical (unpaired) electrons. The zero-order valence-corrected chi connectivity index (χ0v) is 48.6. The van der Waals surface area contributed by atoms with Gasteiger partial charge in [0, 0.05) is 41.5 Å². The number of hydrogen-bond acceptors (Lipinski definition) is 15. The molecule has 1 rings (SSSR count). The van der Waals surface area contributed by atoms with E-state index in [4.69, 9.17) is 37.9 Å². The minimum absolute atomic E-state index is 0.255. The van der Waals surface area contributed by atoms with Gasteiger partial charge in [-0.25, -0.2) is 0 Å². The van der Waals surface area contributed by atoms with Crippen molar-refractivity contribution in [1.82, 2.24) is 5.32 Å². The molecule has 0 aromatic rings. The van der Waals surface area contributed by atoms with Crippen LogP contribution in [0.3, 0.4) is 0 Å². The van der Waals surface area contributed by atoms with E-state index in [0.29, 0.717) is 12.8 Å². The van der Waals surface area contributed by atoms with Gasteiger partial charge in [-0.15, -0.1) is 0 Å². The number of unbranched alkanes of at least 4 members (excludes halogenated alkanes) is 30. The Balaban J connectivity index is 3.16. The van der Waals surface area contributed by atoms with E-state index >= 15 is 0 Å². The molecule has 1 saturated heterocycles. The maximum atomic E-state index is 14.2. The van der Waals surface area contributed by atoms with Crippen LogP contribution in [0.2, 0.25) is 0 Å². The number of hydrogen-bond donors (Lipinski definition) is 1. The van der Waals surface area contributed by atoms with Gasteiger partial charge in [-0.2, -0.15) is 0 Å². The Morgan fingerprint density at radius 1 is 0.461 bits per heavy atom. The van der Waals surface area contributed by atoms with Crippen molar-refractivity contribution in [2.45, 2.75) is 316 Å². The highest BCUT2D eigenvalue weighted by molar-refractivity contribution is 5.83. The van der Waals surface area contributed by atoms with Crippen molar-refractivity contribution in [3.05, 3.63) is 12.2 Å². The Morgan fingerprint density at radius 2 is 0.855 bits per heavy atom. The highest BCUT2D eigenvalue weighted by atomic mass is 16.7. The first-order chi connectivity index (χ1) is 36.6. The van der Waals surface area contributed by atoms with Crippen molar-refractivity contribution < 1.29 is 71.5 Å². The lowest BCUT2D eigenvalue weighted by Crippen LogP contribution is -2.63. The molecular formula is C60H105NO15. The van der Waals surface area contributed by atoms with Crippen molar-refractivity contribution in [1.29, 1.82) is 0 Å². The van der Waals surface area contributed by atoms with Crippen molar-refractivity contribution in [3.63, 3.8) is 0 Å². The van der Waals surface area contributed by atoms with Crippen LogP contribution < -0.4 is 5.32 Å². The molecule has 0 bridgehead atoms. The van der Waals surface area contributed by atoms with Gasteiger partial charge in [-0.1, -0.05) is 206 Å². The highest BCUT2D eigenvalue weighted by Gasteiger charge is 2.53. The van der Waals surface area contributed by atoms with Crippen molar-refractivity contribution in [2.75, 3.05) is 13.2 Å². The summed E-state index contributed by atoms with van der Waals surface area (Å²) in [6.45, 7) is 10.6. The van der Waals surface area contributed by atoms with E-state index in [9.17, 15) is 33.6 Å². The number of amides is 1. The molecular weight excluding hydrogens is 975 g/mol. The van der Waals surface area contributed by atoms with E-state index < -0.39 is 104 Å². The summed E-state index contributed by atoms with van der Waals surface area (Å²) in [4.78, 5) is 88.6. The van der Waals surface area contributed by atoms with Gasteiger partial charge in [-0.3, -0.25) is 33.6 Å². The van der Waals surface area contributed by atoms with Crippen molar-refractivity contribution >= 4 is 41.7 Å². The molecule has 76 heavy (non-hydrogen) atoms. The number of allylic oxidation sites excluding steroid dienone is 1. The highest BCUT2D eigenvalue weighted by Crippen LogP contribution is 2.31. The van der Waals surface area contributed by atoms with Crippen molar-refractivity contribution in [2.24, 2.45) is 0 Å². The molecule has 1 N–H and O–H groups in total. The molecule has 0 aliphatic carbocycles. The van der Waals surface area contributed by atoms with Crippen LogP contribution in [0.4, 0.5) is 0 Å². The lowest BCUT2D eigenvalue weighted by atomic mass is 9.98. The summed E-state index contributed by atoms with van der Waals surface area (Å²) in [6, 6.07) is -1.13. The van der Waals surface area contributed by atoms with Crippen LogP contribution in [-0.4, -0.2) is 104 Å². The van der Waals surface area contributed by atoms with Crippen LogP contribution >= 0.6 is 0 Å². The van der Waals surface area contributed by atoms with Gasteiger partial charge >= 0.3 is 35.8 Å². The Bertz CT molecular complexity index is 1600. The standard InChI is InChI=1S/C60H105NO15/c1-9-11-13-15-17-19-21-23-25-26-27-29-31-33-35-37-39-41-43-54(72-48(5)64)59(68)61-52(53(71-47(4)63)42-40-38-36-34-32-30-28-24-22-20-18-16-14-12-10-2)44-70-60-58(75-51(8)67)57(74-50(7)66)56(73-49(6)65)55(76-60)45-69-46(3)62/h40,42,52-58,60H,9-39,41,43-45H2,1-8H3,(H,61,68). The van der Waals surface area contributed by atoms with Crippen LogP contribution in [-0.2, 0) is 71.5 Å². The molecule has 1 aliphatic rings. The van der Waals surface area contributed by atoms with Crippen molar-refractivity contribution in [3.8, 4) is 0 Å². The summed E-state index contributed by atoms with van der Waals surface area (Å²) in [6.07, 6.45) is 32.6. The molecule has 0 spiro atoms. The average Bonchev–Trinajstić information content (AvgIpc) is 3.35. The summed E-state index contributed by atoms with van der Waals surface area (Å²) >= 11 is 0. The number of rotatable bonds is 47. The largest absolute Gasteiger partial charge is 0.463 e. The van der Waals surface area contributed by atoms with Gasteiger partial charge < -0.3 is 43.2 Å². The van der Waals surface area contributed by atoms with Gasteiger partial charge in [0.1, 0.15) is 18.8 Å². The first-order valence-electron chi connectivity index (χ1n) is 29.8. The molecule has 0 saturated carbocycles. The molecule has 1 aliphatic heterocycles. The van der Waals surface area contributed by atoms with Gasteiger partial charge in [0.25, 0.3) is 5.91 Å². The number of carbonyl (C=O) groups excluding carboxylic acids is 7. The Hall–Kier alpha value is -4.05. The molecule has 0 aromatic carbocycles. The SMILES string of the molecule is CCCCCCCCCCCCCCCC=CC(OC(C)=O)C(COC1OC(COC(C)=O)C(OC(C)=O)C(OC(C)=O)C1OC(C)=O)NC(=O)C(CCCCCCCCCCCCCCCCCCCC)OC(C)=O. The Labute approximate surface area is 458 Å². The number of carbonyl (C=O) groups is 7. The Kier molecular flexibility index (Phi) is 42.3. The lowest BCUT2D eigenvalue weighted by Gasteiger charge is -2.44. The van der Waals surface area contributed by atoms with E-state index in [2.05, 4.69) is 19.2 Å². The summed E-state index contributed by atoms with van der Waals surface area (Å²) in [5.41, 5.74) is 0. The van der Waals surface area contributed by atoms with Gasteiger partial charge in [-0.05, 0) is 31.8 Å². The van der Waals surface area contributed by atoms with Crippen LogP contribution in [0.5, 0.6) is 0 Å². The summed E-state index contributed by atoms with van der Waals surface area (Å²) in [5, 5.41) is 2.91.